The summed E-state index contributed by atoms with van der Waals surface area (Å²) in [5, 5.41) is 1.18. The molecule has 3 nitrogen and oxygen atoms in total. The molecule has 0 unspecified atom stereocenters. The van der Waals surface area contributed by atoms with Gasteiger partial charge in [-0.2, -0.15) is 0 Å². The minimum atomic E-state index is 0.726. The van der Waals surface area contributed by atoms with Gasteiger partial charge in [0.1, 0.15) is 0 Å². The molecule has 3 N–H and O–H groups in total. The quantitative estimate of drug-likeness (QED) is 0.647. The van der Waals surface area contributed by atoms with Crippen LogP contribution in [0.3, 0.4) is 0 Å². The van der Waals surface area contributed by atoms with E-state index in [4.69, 9.17) is 5.73 Å². The molecule has 0 saturated carbocycles. The smallest absolute Gasteiger partial charge is 0.0885 e. The van der Waals surface area contributed by atoms with Gasteiger partial charge in [0, 0.05) is 22.8 Å². The average Bonchev–Trinajstić information content (AvgIpc) is 2.72. The third-order valence-electron chi connectivity index (χ3n) is 2.59. The van der Waals surface area contributed by atoms with Crippen LogP contribution in [0.5, 0.6) is 0 Å². The fraction of sp³-hybridized carbons (Fsp3) is 0. The molecule has 0 saturated heterocycles. The first kappa shape index (κ1) is 8.97. The highest BCUT2D eigenvalue weighted by Crippen LogP contribution is 2.23. The summed E-state index contributed by atoms with van der Waals surface area (Å²) in [4.78, 5) is 7.61. The van der Waals surface area contributed by atoms with Crippen molar-refractivity contribution < 1.29 is 0 Å². The van der Waals surface area contributed by atoms with E-state index in [0.717, 1.165) is 22.6 Å². The molecule has 3 rings (SSSR count). The first-order valence-corrected chi connectivity index (χ1v) is 5.12. The predicted molar refractivity (Wildman–Crippen MR) is 65.9 cm³/mol. The van der Waals surface area contributed by atoms with Gasteiger partial charge < -0.3 is 10.7 Å². The summed E-state index contributed by atoms with van der Waals surface area (Å²) in [6.07, 6.45) is 1.72. The number of hydrogen-bond donors (Lipinski definition) is 2. The minimum Gasteiger partial charge on any atom is -0.399 e. The van der Waals surface area contributed by atoms with E-state index < -0.39 is 0 Å². The number of fused-ring (bicyclic) bond motifs is 1. The van der Waals surface area contributed by atoms with Crippen LogP contribution in [0.25, 0.3) is 22.3 Å². The van der Waals surface area contributed by atoms with Gasteiger partial charge in [-0.15, -0.1) is 0 Å². The lowest BCUT2D eigenvalue weighted by Gasteiger charge is -1.97. The third-order valence-corrected chi connectivity index (χ3v) is 2.59. The van der Waals surface area contributed by atoms with Crippen LogP contribution in [-0.2, 0) is 0 Å². The lowest BCUT2D eigenvalue weighted by Crippen LogP contribution is -1.88. The highest BCUT2D eigenvalue weighted by molar-refractivity contribution is 5.85. The molecule has 0 aliphatic rings. The van der Waals surface area contributed by atoms with E-state index >= 15 is 0 Å². The molecular formula is C13H11N3. The van der Waals surface area contributed by atoms with Crippen LogP contribution >= 0.6 is 0 Å². The number of nitrogens with two attached hydrogens (primary N) is 1. The molecule has 0 amide bonds. The second-order valence-electron chi connectivity index (χ2n) is 3.74. The molecule has 0 fully saturated rings. The van der Waals surface area contributed by atoms with E-state index in [-0.39, 0.29) is 0 Å². The zero-order chi connectivity index (χ0) is 11.0. The van der Waals surface area contributed by atoms with Gasteiger partial charge in [-0.1, -0.05) is 18.2 Å². The number of nitrogen functional groups attached to an aromatic ring is 1. The molecule has 1 aromatic carbocycles. The van der Waals surface area contributed by atoms with Crippen LogP contribution in [0, 0.1) is 0 Å². The Bertz CT molecular complexity index is 607. The standard InChI is InChI=1S/C13H11N3/c14-10-5-6-15-12(8-10)13-7-9-3-1-2-4-11(9)16-13/h1-8,16H,(H2,14,15). The van der Waals surface area contributed by atoms with Crippen molar-refractivity contribution in [3.63, 3.8) is 0 Å². The summed E-state index contributed by atoms with van der Waals surface area (Å²) in [5.74, 6) is 0. The molecule has 0 spiro atoms. The number of anilines is 1. The second-order valence-corrected chi connectivity index (χ2v) is 3.74. The van der Waals surface area contributed by atoms with Crippen LogP contribution in [-0.4, -0.2) is 9.97 Å². The van der Waals surface area contributed by atoms with Crippen LogP contribution < -0.4 is 5.73 Å². The summed E-state index contributed by atoms with van der Waals surface area (Å²) in [6, 6.07) is 13.9. The molecule has 3 heteroatoms. The Labute approximate surface area is 92.9 Å². The van der Waals surface area contributed by atoms with Gasteiger partial charge in [0.15, 0.2) is 0 Å². The number of pyridine rings is 1. The van der Waals surface area contributed by atoms with Gasteiger partial charge in [-0.3, -0.25) is 4.98 Å². The second kappa shape index (κ2) is 3.38. The lowest BCUT2D eigenvalue weighted by atomic mass is 10.2. The van der Waals surface area contributed by atoms with Gasteiger partial charge >= 0.3 is 0 Å². The van der Waals surface area contributed by atoms with Crippen molar-refractivity contribution in [2.75, 3.05) is 5.73 Å². The van der Waals surface area contributed by atoms with Crippen molar-refractivity contribution in [1.82, 2.24) is 9.97 Å². The molecule has 0 aliphatic carbocycles. The fourth-order valence-electron chi connectivity index (χ4n) is 1.81. The SMILES string of the molecule is Nc1ccnc(-c2cc3ccccc3[nH]2)c1. The molecule has 2 aromatic heterocycles. The number of nitrogens with zero attached hydrogens (tertiary/aromatic N) is 1. The van der Waals surface area contributed by atoms with E-state index in [0.29, 0.717) is 0 Å². The molecular weight excluding hydrogens is 198 g/mol. The molecule has 2 heterocycles. The monoisotopic (exact) mass is 209 g/mol. The maximum atomic E-state index is 5.74. The number of rotatable bonds is 1. The Morgan fingerprint density at radius 3 is 2.75 bits per heavy atom. The van der Waals surface area contributed by atoms with E-state index in [2.05, 4.69) is 22.1 Å². The van der Waals surface area contributed by atoms with Crippen molar-refractivity contribution in [2.24, 2.45) is 0 Å². The van der Waals surface area contributed by atoms with Crippen molar-refractivity contribution in [2.45, 2.75) is 0 Å². The molecule has 0 radical (unpaired) electrons. The Morgan fingerprint density at radius 2 is 1.94 bits per heavy atom. The van der Waals surface area contributed by atoms with Crippen LogP contribution in [0.2, 0.25) is 0 Å². The molecule has 78 valence electrons. The number of aromatic nitrogens is 2. The average molecular weight is 209 g/mol. The molecule has 0 bridgehead atoms. The number of nitrogens with one attached hydrogen (secondary N) is 1. The van der Waals surface area contributed by atoms with Gasteiger partial charge in [0.25, 0.3) is 0 Å². The highest BCUT2D eigenvalue weighted by Gasteiger charge is 2.03. The molecule has 3 aromatic rings. The number of hydrogen-bond acceptors (Lipinski definition) is 2. The first-order valence-electron chi connectivity index (χ1n) is 5.12. The molecule has 16 heavy (non-hydrogen) atoms. The van der Waals surface area contributed by atoms with Crippen LogP contribution in [0.15, 0.2) is 48.7 Å². The van der Waals surface area contributed by atoms with Crippen LogP contribution in [0.1, 0.15) is 0 Å². The number of aromatic amines is 1. The predicted octanol–water partition coefficient (Wildman–Crippen LogP) is 2.81. The Kier molecular flexibility index (Phi) is 1.90. The lowest BCUT2D eigenvalue weighted by molar-refractivity contribution is 1.29. The number of benzene rings is 1. The Hall–Kier alpha value is -2.29. The van der Waals surface area contributed by atoms with Crippen molar-refractivity contribution in [3.8, 4) is 11.4 Å². The maximum Gasteiger partial charge on any atom is 0.0885 e. The minimum absolute atomic E-state index is 0.726. The summed E-state index contributed by atoms with van der Waals surface area (Å²) in [5.41, 5.74) is 9.44. The zero-order valence-corrected chi connectivity index (χ0v) is 8.64. The zero-order valence-electron chi connectivity index (χ0n) is 8.64. The van der Waals surface area contributed by atoms with Crippen LogP contribution in [0.4, 0.5) is 5.69 Å². The maximum absolute atomic E-state index is 5.74. The summed E-state index contributed by atoms with van der Waals surface area (Å²) < 4.78 is 0. The molecule has 0 aliphatic heterocycles. The Balaban J connectivity index is 2.19. The van der Waals surface area contributed by atoms with Gasteiger partial charge in [-0.25, -0.2) is 0 Å². The summed E-state index contributed by atoms with van der Waals surface area (Å²) in [7, 11) is 0. The van der Waals surface area contributed by atoms with E-state index in [9.17, 15) is 0 Å². The van der Waals surface area contributed by atoms with E-state index in [1.54, 1.807) is 12.3 Å². The molecule has 0 atom stereocenters. The summed E-state index contributed by atoms with van der Waals surface area (Å²) >= 11 is 0. The van der Waals surface area contributed by atoms with Gasteiger partial charge in [0.05, 0.1) is 11.4 Å². The largest absolute Gasteiger partial charge is 0.399 e. The van der Waals surface area contributed by atoms with Crippen molar-refractivity contribution in [3.05, 3.63) is 48.7 Å². The summed E-state index contributed by atoms with van der Waals surface area (Å²) in [6.45, 7) is 0. The number of para-hydroxylation sites is 1. The van der Waals surface area contributed by atoms with Crippen molar-refractivity contribution >= 4 is 16.6 Å². The Morgan fingerprint density at radius 1 is 1.06 bits per heavy atom. The number of H-pyrrole nitrogens is 1. The van der Waals surface area contributed by atoms with Gasteiger partial charge in [0.2, 0.25) is 0 Å². The van der Waals surface area contributed by atoms with E-state index in [1.807, 2.05) is 24.3 Å². The highest BCUT2D eigenvalue weighted by atomic mass is 14.8. The third kappa shape index (κ3) is 1.42. The van der Waals surface area contributed by atoms with Gasteiger partial charge in [-0.05, 0) is 24.3 Å². The first-order chi connectivity index (χ1) is 7.83. The normalized spacial score (nSPS) is 10.8. The fourth-order valence-corrected chi connectivity index (χ4v) is 1.81. The van der Waals surface area contributed by atoms with Crippen molar-refractivity contribution in [1.29, 1.82) is 0 Å². The topological polar surface area (TPSA) is 54.7 Å². The van der Waals surface area contributed by atoms with E-state index in [1.165, 1.54) is 5.39 Å².